The monoisotopic (exact) mass is 196 g/mol. The Balaban J connectivity index is 2.50. The highest BCUT2D eigenvalue weighted by atomic mass is 16.2. The summed E-state index contributed by atoms with van der Waals surface area (Å²) in [7, 11) is 1.80. The predicted molar refractivity (Wildman–Crippen MR) is 52.3 cm³/mol. The summed E-state index contributed by atoms with van der Waals surface area (Å²) in [4.78, 5) is 11.5. The lowest BCUT2D eigenvalue weighted by molar-refractivity contribution is -0.128. The Hall–Kier alpha value is -1.39. The SMILES string of the molecule is Cn1nncc1CNC(=O)C(C)(C)C. The van der Waals surface area contributed by atoms with Crippen LogP contribution in [-0.4, -0.2) is 20.9 Å². The summed E-state index contributed by atoms with van der Waals surface area (Å²) in [6, 6.07) is 0. The highest BCUT2D eigenvalue weighted by Crippen LogP contribution is 2.12. The van der Waals surface area contributed by atoms with E-state index in [-0.39, 0.29) is 11.3 Å². The maximum Gasteiger partial charge on any atom is 0.225 e. The molecule has 0 aliphatic carbocycles. The molecule has 0 aromatic carbocycles. The third-order valence-electron chi connectivity index (χ3n) is 1.92. The summed E-state index contributed by atoms with van der Waals surface area (Å²) >= 11 is 0. The summed E-state index contributed by atoms with van der Waals surface area (Å²) in [5, 5.41) is 10.3. The lowest BCUT2D eigenvalue weighted by Crippen LogP contribution is -2.34. The average Bonchev–Trinajstić information content (AvgIpc) is 2.45. The predicted octanol–water partition coefficient (Wildman–Crippen LogP) is 0.477. The molecular weight excluding hydrogens is 180 g/mol. The van der Waals surface area contributed by atoms with Gasteiger partial charge in [-0.15, -0.1) is 5.10 Å². The van der Waals surface area contributed by atoms with Gasteiger partial charge in [0, 0.05) is 12.5 Å². The van der Waals surface area contributed by atoms with E-state index in [0.717, 1.165) is 5.69 Å². The molecule has 0 saturated heterocycles. The van der Waals surface area contributed by atoms with E-state index in [1.165, 1.54) is 0 Å². The molecule has 1 amide bonds. The highest BCUT2D eigenvalue weighted by molar-refractivity contribution is 5.81. The van der Waals surface area contributed by atoms with Gasteiger partial charge in [0.25, 0.3) is 0 Å². The van der Waals surface area contributed by atoms with Gasteiger partial charge in [-0.2, -0.15) is 0 Å². The van der Waals surface area contributed by atoms with Crippen molar-refractivity contribution in [2.45, 2.75) is 27.3 Å². The molecule has 0 aliphatic rings. The van der Waals surface area contributed by atoms with Gasteiger partial charge in [0.1, 0.15) is 0 Å². The summed E-state index contributed by atoms with van der Waals surface area (Å²) in [5.41, 5.74) is 0.536. The van der Waals surface area contributed by atoms with Crippen LogP contribution in [0.5, 0.6) is 0 Å². The van der Waals surface area contributed by atoms with Gasteiger partial charge >= 0.3 is 0 Å². The number of nitrogens with one attached hydrogen (secondary N) is 1. The molecule has 5 nitrogen and oxygen atoms in total. The maximum absolute atomic E-state index is 11.5. The fourth-order valence-corrected chi connectivity index (χ4v) is 0.907. The largest absolute Gasteiger partial charge is 0.350 e. The van der Waals surface area contributed by atoms with Gasteiger partial charge < -0.3 is 5.32 Å². The van der Waals surface area contributed by atoms with Crippen LogP contribution in [0.3, 0.4) is 0 Å². The summed E-state index contributed by atoms with van der Waals surface area (Å²) in [6.45, 7) is 6.11. The van der Waals surface area contributed by atoms with Crippen LogP contribution < -0.4 is 5.32 Å². The standard InChI is InChI=1S/C9H16N4O/c1-9(2,3)8(14)10-5-7-6-11-12-13(7)4/h6H,5H2,1-4H3,(H,10,14). The minimum atomic E-state index is -0.355. The molecule has 0 aliphatic heterocycles. The molecule has 0 radical (unpaired) electrons. The number of rotatable bonds is 2. The summed E-state index contributed by atoms with van der Waals surface area (Å²) in [5.74, 6) is 0.0266. The topological polar surface area (TPSA) is 59.8 Å². The Morgan fingerprint density at radius 3 is 2.64 bits per heavy atom. The highest BCUT2D eigenvalue weighted by Gasteiger charge is 2.20. The second kappa shape index (κ2) is 3.77. The number of amides is 1. The molecule has 1 aromatic rings. The number of hydrogen-bond donors (Lipinski definition) is 1. The number of carbonyl (C=O) groups excluding carboxylic acids is 1. The molecule has 0 bridgehead atoms. The van der Waals surface area contributed by atoms with Crippen LogP contribution in [0.2, 0.25) is 0 Å². The van der Waals surface area contributed by atoms with E-state index in [1.807, 2.05) is 20.8 Å². The maximum atomic E-state index is 11.5. The van der Waals surface area contributed by atoms with Gasteiger partial charge in [-0.25, -0.2) is 0 Å². The molecule has 1 N–H and O–H groups in total. The first-order valence-corrected chi connectivity index (χ1v) is 4.53. The van der Waals surface area contributed by atoms with Crippen molar-refractivity contribution in [1.82, 2.24) is 20.3 Å². The Morgan fingerprint density at radius 1 is 1.57 bits per heavy atom. The molecule has 14 heavy (non-hydrogen) atoms. The zero-order valence-electron chi connectivity index (χ0n) is 9.03. The molecule has 78 valence electrons. The van der Waals surface area contributed by atoms with Crippen LogP contribution in [0.15, 0.2) is 6.20 Å². The van der Waals surface area contributed by atoms with Crippen molar-refractivity contribution in [2.24, 2.45) is 12.5 Å². The lowest BCUT2D eigenvalue weighted by atomic mass is 9.96. The zero-order chi connectivity index (χ0) is 10.8. The lowest BCUT2D eigenvalue weighted by Gasteiger charge is -2.17. The van der Waals surface area contributed by atoms with E-state index in [1.54, 1.807) is 17.9 Å². The number of hydrogen-bond acceptors (Lipinski definition) is 3. The van der Waals surface area contributed by atoms with Crippen molar-refractivity contribution < 1.29 is 4.79 Å². The first kappa shape index (κ1) is 10.7. The Bertz CT molecular complexity index is 324. The molecule has 5 heteroatoms. The van der Waals surface area contributed by atoms with E-state index in [0.29, 0.717) is 6.54 Å². The fourth-order valence-electron chi connectivity index (χ4n) is 0.907. The van der Waals surface area contributed by atoms with Gasteiger partial charge in [0.15, 0.2) is 0 Å². The van der Waals surface area contributed by atoms with Gasteiger partial charge in [-0.05, 0) is 0 Å². The molecule has 1 aromatic heterocycles. The van der Waals surface area contributed by atoms with Crippen LogP contribution >= 0.6 is 0 Å². The smallest absolute Gasteiger partial charge is 0.225 e. The summed E-state index contributed by atoms with van der Waals surface area (Å²) < 4.78 is 1.64. The molecule has 0 fully saturated rings. The molecule has 0 unspecified atom stereocenters. The first-order chi connectivity index (χ1) is 6.41. The average molecular weight is 196 g/mol. The number of aryl methyl sites for hydroxylation is 1. The Labute approximate surface area is 83.5 Å². The minimum Gasteiger partial charge on any atom is -0.350 e. The van der Waals surface area contributed by atoms with E-state index >= 15 is 0 Å². The van der Waals surface area contributed by atoms with Gasteiger partial charge in [-0.3, -0.25) is 9.48 Å². The molecule has 1 heterocycles. The van der Waals surface area contributed by atoms with Crippen LogP contribution in [0, 0.1) is 5.41 Å². The van der Waals surface area contributed by atoms with E-state index in [2.05, 4.69) is 15.6 Å². The van der Waals surface area contributed by atoms with E-state index in [9.17, 15) is 4.79 Å². The van der Waals surface area contributed by atoms with Gasteiger partial charge in [-0.1, -0.05) is 26.0 Å². The molecule has 1 rings (SSSR count). The quantitative estimate of drug-likeness (QED) is 0.748. The van der Waals surface area contributed by atoms with Crippen LogP contribution in [0.4, 0.5) is 0 Å². The number of aromatic nitrogens is 3. The zero-order valence-corrected chi connectivity index (χ0v) is 9.03. The normalized spacial score (nSPS) is 11.4. The van der Waals surface area contributed by atoms with Crippen molar-refractivity contribution >= 4 is 5.91 Å². The van der Waals surface area contributed by atoms with Gasteiger partial charge in [0.2, 0.25) is 5.91 Å². The Kier molecular flexibility index (Phi) is 2.88. The molecular formula is C9H16N4O. The second-order valence-electron chi connectivity index (χ2n) is 4.28. The van der Waals surface area contributed by atoms with Crippen molar-refractivity contribution in [1.29, 1.82) is 0 Å². The first-order valence-electron chi connectivity index (χ1n) is 4.53. The van der Waals surface area contributed by atoms with Gasteiger partial charge in [0.05, 0.1) is 18.4 Å². The van der Waals surface area contributed by atoms with Crippen molar-refractivity contribution in [2.75, 3.05) is 0 Å². The third kappa shape index (κ3) is 2.55. The van der Waals surface area contributed by atoms with Crippen molar-refractivity contribution in [3.63, 3.8) is 0 Å². The van der Waals surface area contributed by atoms with Crippen LogP contribution in [0.1, 0.15) is 26.5 Å². The molecule has 0 saturated carbocycles. The Morgan fingerprint density at radius 2 is 2.21 bits per heavy atom. The molecule has 0 atom stereocenters. The van der Waals surface area contributed by atoms with Crippen molar-refractivity contribution in [3.05, 3.63) is 11.9 Å². The van der Waals surface area contributed by atoms with Crippen LogP contribution in [0.25, 0.3) is 0 Å². The molecule has 0 spiro atoms. The number of carbonyl (C=O) groups is 1. The van der Waals surface area contributed by atoms with E-state index < -0.39 is 0 Å². The minimum absolute atomic E-state index is 0.0266. The van der Waals surface area contributed by atoms with Crippen LogP contribution in [-0.2, 0) is 18.4 Å². The number of nitrogens with zero attached hydrogens (tertiary/aromatic N) is 3. The van der Waals surface area contributed by atoms with E-state index in [4.69, 9.17) is 0 Å². The van der Waals surface area contributed by atoms with Crippen molar-refractivity contribution in [3.8, 4) is 0 Å². The summed E-state index contributed by atoms with van der Waals surface area (Å²) in [6.07, 6.45) is 1.64. The fraction of sp³-hybridized carbons (Fsp3) is 0.667. The third-order valence-corrected chi connectivity index (χ3v) is 1.92. The second-order valence-corrected chi connectivity index (χ2v) is 4.28.